The molecule has 0 saturated heterocycles. The number of Topliss-reactive ketones (excluding diaryl/α,β-unsaturated/α-hetero) is 6. The minimum absolute atomic E-state index is 0. The van der Waals surface area contributed by atoms with E-state index in [1.165, 1.54) is 74.2 Å². The molecular weight excluding hydrogens is 1170 g/mol. The first-order valence-electron chi connectivity index (χ1n) is 25.0. The van der Waals surface area contributed by atoms with Crippen LogP contribution in [0, 0.1) is 32.5 Å². The van der Waals surface area contributed by atoms with Gasteiger partial charge in [0, 0.05) is 50.5 Å². The van der Waals surface area contributed by atoms with E-state index in [-0.39, 0.29) is 56.7 Å². The number of aliphatic carboxylic acids is 3. The molecule has 0 aliphatic heterocycles. The molecule has 4 aromatic carbocycles. The average Bonchev–Trinajstić information content (AvgIpc) is 3.36. The van der Waals surface area contributed by atoms with Crippen LogP contribution in [-0.2, 0) is 63.3 Å². The summed E-state index contributed by atoms with van der Waals surface area (Å²) in [5, 5.41) is 36.8. The molecule has 0 radical (unpaired) electrons. The van der Waals surface area contributed by atoms with Crippen molar-refractivity contribution in [1.82, 2.24) is 9.97 Å². The second-order valence-corrected chi connectivity index (χ2v) is 23.1. The van der Waals surface area contributed by atoms with E-state index in [0.717, 1.165) is 11.4 Å². The number of nitrogens with zero attached hydrogens (tertiary/aromatic N) is 2. The van der Waals surface area contributed by atoms with Gasteiger partial charge in [0.25, 0.3) is 0 Å². The maximum atomic E-state index is 11.5. The van der Waals surface area contributed by atoms with Gasteiger partial charge in [-0.15, -0.1) is 0 Å². The van der Waals surface area contributed by atoms with Crippen LogP contribution in [0.5, 0.6) is 0 Å². The van der Waals surface area contributed by atoms with Crippen LogP contribution in [0.3, 0.4) is 0 Å². The van der Waals surface area contributed by atoms with Gasteiger partial charge in [0.15, 0.2) is 17.3 Å². The first kappa shape index (κ1) is 68.8. The number of fused-ring (bicyclic) bond motifs is 2. The molecule has 0 amide bonds. The van der Waals surface area contributed by atoms with Crippen molar-refractivity contribution in [2.75, 3.05) is 0 Å². The average molecular weight is 1240 g/mol. The summed E-state index contributed by atoms with van der Waals surface area (Å²) in [5.74, 6) is -6.96. The Hall–Kier alpha value is -7.22. The van der Waals surface area contributed by atoms with Gasteiger partial charge in [0.2, 0.25) is 0 Å². The first-order chi connectivity index (χ1) is 35.4. The number of pyridine rings is 2. The Bertz CT molecular complexity index is 2800. The van der Waals surface area contributed by atoms with Gasteiger partial charge in [0.05, 0.1) is 64.8 Å². The topological polar surface area (TPSA) is 249 Å². The molecule has 6 rings (SSSR count). The van der Waals surface area contributed by atoms with Gasteiger partial charge < -0.3 is 29.7 Å². The second kappa shape index (κ2) is 29.0. The molecule has 0 unspecified atom stereocenters. The van der Waals surface area contributed by atoms with Crippen LogP contribution in [0.25, 0.3) is 44.1 Å². The van der Waals surface area contributed by atoms with E-state index in [9.17, 15) is 58.5 Å². The molecule has 15 heteroatoms. The number of hydrogen-bond acceptors (Lipinski definition) is 14. The number of aromatic nitrogens is 2. The number of carboxylic acids is 3. The predicted octanol–water partition coefficient (Wildman–Crippen LogP) is 8.81. The summed E-state index contributed by atoms with van der Waals surface area (Å²) < 4.78 is 0. The molecule has 0 fully saturated rings. The Morgan fingerprint density at radius 3 is 0.795 bits per heavy atom. The van der Waals surface area contributed by atoms with Crippen LogP contribution in [-0.4, -0.2) is 62.6 Å². The third-order valence-electron chi connectivity index (χ3n) is 12.5. The number of ketones is 6. The number of carbonyl (C=O) groups excluding carboxylic acids is 9. The number of benzene rings is 4. The van der Waals surface area contributed by atoms with Crippen LogP contribution in [0.1, 0.15) is 123 Å². The molecule has 2 heterocycles. The van der Waals surface area contributed by atoms with E-state index < -0.39 is 67.7 Å². The molecule has 6 aromatic rings. The number of rotatable bonds is 14. The summed E-state index contributed by atoms with van der Waals surface area (Å²) in [6, 6.07) is 41.3. The number of carbonyl (C=O) groups is 9. The Morgan fingerprint density at radius 1 is 0.333 bits per heavy atom. The largest absolute Gasteiger partial charge is 3.00 e. The van der Waals surface area contributed by atoms with Gasteiger partial charge in [-0.1, -0.05) is 172 Å². The van der Waals surface area contributed by atoms with Crippen molar-refractivity contribution in [3.05, 3.63) is 134 Å². The summed E-state index contributed by atoms with van der Waals surface area (Å²) in [5.41, 5.74) is -2.23. The molecule has 14 nitrogen and oxygen atoms in total. The SMILES string of the molecule is CC(C)(C)C(=O)CC(=O)C(C)(C)C(=O)[O-].CC(C)(C)C(=O)CC(=O)C(C)(C)C(=O)[O-].CC(C)(C)C(=O)CC(=O)C(C)(C)C(=O)[O-].[Ir+3].c1ccc(-c2nccc3ccccc23)cc1.c1ccc(-c2nccc3ccccc23)cc1. The molecule has 0 saturated carbocycles. The van der Waals surface area contributed by atoms with Crippen LogP contribution < -0.4 is 15.3 Å². The van der Waals surface area contributed by atoms with Crippen LogP contribution >= 0.6 is 0 Å². The van der Waals surface area contributed by atoms with E-state index in [1.54, 1.807) is 62.3 Å². The van der Waals surface area contributed by atoms with E-state index >= 15 is 0 Å². The molecule has 2 aromatic heterocycles. The fourth-order valence-corrected chi connectivity index (χ4v) is 6.13. The molecule has 0 atom stereocenters. The molecular formula is C63H73IrN2O12. The van der Waals surface area contributed by atoms with Gasteiger partial charge in [-0.2, -0.15) is 0 Å². The van der Waals surface area contributed by atoms with Crippen molar-refractivity contribution in [3.8, 4) is 22.5 Å². The first-order valence-corrected chi connectivity index (χ1v) is 25.0. The Morgan fingerprint density at radius 2 is 0.564 bits per heavy atom. The zero-order valence-corrected chi connectivity index (χ0v) is 49.8. The van der Waals surface area contributed by atoms with Crippen molar-refractivity contribution in [2.24, 2.45) is 32.5 Å². The number of hydrogen-bond donors (Lipinski definition) is 0. The second-order valence-electron chi connectivity index (χ2n) is 23.1. The van der Waals surface area contributed by atoms with Crippen molar-refractivity contribution in [1.29, 1.82) is 0 Å². The quantitative estimate of drug-likeness (QED) is 0.0925. The van der Waals surface area contributed by atoms with E-state index in [2.05, 4.69) is 82.8 Å². The van der Waals surface area contributed by atoms with Gasteiger partial charge in [-0.05, 0) is 64.4 Å². The summed E-state index contributed by atoms with van der Waals surface area (Å²) >= 11 is 0. The molecule has 78 heavy (non-hydrogen) atoms. The van der Waals surface area contributed by atoms with Crippen molar-refractivity contribution in [3.63, 3.8) is 0 Å². The van der Waals surface area contributed by atoms with E-state index in [1.807, 2.05) is 60.9 Å². The third kappa shape index (κ3) is 20.3. The fraction of sp³-hybridized carbons (Fsp3) is 0.381. The molecule has 0 aliphatic carbocycles. The van der Waals surface area contributed by atoms with Gasteiger partial charge in [-0.3, -0.25) is 38.7 Å². The Labute approximate surface area is 472 Å². The molecule has 416 valence electrons. The van der Waals surface area contributed by atoms with Crippen molar-refractivity contribution in [2.45, 2.75) is 123 Å². The van der Waals surface area contributed by atoms with E-state index in [0.29, 0.717) is 0 Å². The Kier molecular flexibility index (Phi) is 25.5. The van der Waals surface area contributed by atoms with Crippen LogP contribution in [0.15, 0.2) is 134 Å². The normalized spacial score (nSPS) is 11.4. The standard InChI is InChI=1S/2C15H11N.3C11H18O4.Ir/c2*1-2-7-13(8-3-1)15-14-9-5-4-6-12(14)10-11-16-15;3*1-10(2,3)7(12)6-8(13)11(4,5)9(14)15;/h2*1-11H;3*6H2,1-5H3,(H,14,15);/q;;;;;+3/p-3. The predicted molar refractivity (Wildman–Crippen MR) is 293 cm³/mol. The fourth-order valence-electron chi connectivity index (χ4n) is 6.13. The summed E-state index contributed by atoms with van der Waals surface area (Å²) in [7, 11) is 0. The molecule has 0 spiro atoms. The molecule has 0 N–H and O–H groups in total. The monoisotopic (exact) mass is 1240 g/mol. The molecule has 0 aliphatic rings. The zero-order valence-electron chi connectivity index (χ0n) is 47.4. The molecule has 0 bridgehead atoms. The maximum Gasteiger partial charge on any atom is 3.00 e. The summed E-state index contributed by atoms with van der Waals surface area (Å²) in [4.78, 5) is 110. The van der Waals surface area contributed by atoms with E-state index in [4.69, 9.17) is 0 Å². The summed E-state index contributed by atoms with van der Waals surface area (Å²) in [6.07, 6.45) is 2.66. The van der Waals surface area contributed by atoms with Crippen LogP contribution in [0.4, 0.5) is 0 Å². The van der Waals surface area contributed by atoms with Gasteiger partial charge >= 0.3 is 20.1 Å². The number of carboxylic acid groups (broad SMARTS) is 3. The minimum Gasteiger partial charge on any atom is -0.549 e. The van der Waals surface area contributed by atoms with Crippen molar-refractivity contribution < 1.29 is 78.6 Å². The minimum atomic E-state index is -1.60. The maximum absolute atomic E-state index is 11.5. The Balaban J connectivity index is 0.000000486. The third-order valence-corrected chi connectivity index (χ3v) is 12.5. The van der Waals surface area contributed by atoms with Crippen molar-refractivity contribution >= 4 is 74.2 Å². The van der Waals surface area contributed by atoms with Gasteiger partial charge in [0.1, 0.15) is 17.3 Å². The van der Waals surface area contributed by atoms with Crippen LogP contribution in [0.2, 0.25) is 0 Å². The summed E-state index contributed by atoms with van der Waals surface area (Å²) in [6.45, 7) is 22.7. The zero-order chi connectivity index (χ0) is 58.9. The van der Waals surface area contributed by atoms with Gasteiger partial charge in [-0.25, -0.2) is 0 Å². The smallest absolute Gasteiger partial charge is 0.549 e.